The fraction of sp³-hybridized carbons (Fsp3) is 0.176. The summed E-state index contributed by atoms with van der Waals surface area (Å²) in [6.45, 7) is 0.246. The predicted molar refractivity (Wildman–Crippen MR) is 90.3 cm³/mol. The summed E-state index contributed by atoms with van der Waals surface area (Å²) in [6, 6.07) is 9.86. The molecule has 0 radical (unpaired) electrons. The van der Waals surface area contributed by atoms with Crippen molar-refractivity contribution >= 4 is 29.5 Å². The quantitative estimate of drug-likeness (QED) is 0.528. The topological polar surface area (TPSA) is 91.6 Å². The molecule has 0 unspecified atom stereocenters. The lowest BCUT2D eigenvalue weighted by molar-refractivity contribution is -0.117. The number of hydrogen-bond acceptors (Lipinski definition) is 4. The fourth-order valence-corrected chi connectivity index (χ4v) is 2.11. The number of halogens is 1. The van der Waals surface area contributed by atoms with Crippen molar-refractivity contribution in [3.63, 3.8) is 0 Å². The van der Waals surface area contributed by atoms with Gasteiger partial charge in [-0.25, -0.2) is 0 Å². The molecule has 0 aliphatic carbocycles. The van der Waals surface area contributed by atoms with E-state index in [0.29, 0.717) is 12.2 Å². The van der Waals surface area contributed by atoms with E-state index in [1.165, 1.54) is 12.3 Å². The van der Waals surface area contributed by atoms with E-state index in [4.69, 9.17) is 21.1 Å². The zero-order valence-corrected chi connectivity index (χ0v) is 13.5. The van der Waals surface area contributed by atoms with E-state index in [1.54, 1.807) is 36.4 Å². The van der Waals surface area contributed by atoms with Crippen LogP contribution in [0.15, 0.2) is 52.8 Å². The van der Waals surface area contributed by atoms with Crippen LogP contribution < -0.4 is 10.6 Å². The number of amides is 2. The number of benzene rings is 1. The van der Waals surface area contributed by atoms with E-state index in [2.05, 4.69) is 10.6 Å². The number of furan rings is 1. The highest BCUT2D eigenvalue weighted by atomic mass is 35.5. The molecule has 126 valence electrons. The Balaban J connectivity index is 2.18. The Morgan fingerprint density at radius 3 is 2.67 bits per heavy atom. The molecule has 0 spiro atoms. The largest absolute Gasteiger partial charge is 0.465 e. The maximum atomic E-state index is 12.4. The SMILES string of the molecule is O=C(NCCCO)C(=Cc1ccco1)NC(=O)c1ccccc1Cl. The van der Waals surface area contributed by atoms with Gasteiger partial charge in [0.15, 0.2) is 0 Å². The molecule has 0 aliphatic heterocycles. The van der Waals surface area contributed by atoms with Crippen LogP contribution in [-0.4, -0.2) is 30.1 Å². The van der Waals surface area contributed by atoms with E-state index >= 15 is 0 Å². The third kappa shape index (κ3) is 4.97. The molecule has 3 N–H and O–H groups in total. The van der Waals surface area contributed by atoms with Crippen molar-refractivity contribution in [2.45, 2.75) is 6.42 Å². The molecule has 0 saturated heterocycles. The van der Waals surface area contributed by atoms with Crippen LogP contribution in [-0.2, 0) is 4.79 Å². The maximum Gasteiger partial charge on any atom is 0.267 e. The van der Waals surface area contributed by atoms with E-state index in [1.807, 2.05) is 0 Å². The first-order valence-electron chi connectivity index (χ1n) is 7.32. The maximum absolute atomic E-state index is 12.4. The van der Waals surface area contributed by atoms with E-state index < -0.39 is 11.8 Å². The first kappa shape index (κ1) is 17.8. The van der Waals surface area contributed by atoms with Crippen molar-refractivity contribution in [2.75, 3.05) is 13.2 Å². The Labute approximate surface area is 144 Å². The smallest absolute Gasteiger partial charge is 0.267 e. The summed E-state index contributed by atoms with van der Waals surface area (Å²) in [5.74, 6) is -0.572. The lowest BCUT2D eigenvalue weighted by Gasteiger charge is -2.11. The van der Waals surface area contributed by atoms with E-state index in [0.717, 1.165) is 0 Å². The minimum Gasteiger partial charge on any atom is -0.465 e. The molecular weight excluding hydrogens is 332 g/mol. The lowest BCUT2D eigenvalue weighted by Crippen LogP contribution is -2.35. The molecule has 1 aromatic heterocycles. The first-order chi connectivity index (χ1) is 11.6. The fourth-order valence-electron chi connectivity index (χ4n) is 1.89. The standard InChI is InChI=1S/C17H17ClN2O4/c18-14-7-2-1-6-13(14)16(22)20-15(11-12-5-3-10-24-12)17(23)19-8-4-9-21/h1-3,5-7,10-11,21H,4,8-9H2,(H,19,23)(H,20,22). The molecule has 0 bridgehead atoms. The van der Waals surface area contributed by atoms with Crippen LogP contribution in [0.2, 0.25) is 5.02 Å². The molecule has 0 aliphatic rings. The Morgan fingerprint density at radius 1 is 1.21 bits per heavy atom. The van der Waals surface area contributed by atoms with Crippen molar-refractivity contribution in [2.24, 2.45) is 0 Å². The number of carbonyl (C=O) groups excluding carboxylic acids is 2. The van der Waals surface area contributed by atoms with Crippen LogP contribution in [0.1, 0.15) is 22.5 Å². The normalized spacial score (nSPS) is 11.2. The Bertz CT molecular complexity index is 726. The highest BCUT2D eigenvalue weighted by Gasteiger charge is 2.16. The first-order valence-corrected chi connectivity index (χ1v) is 7.69. The predicted octanol–water partition coefficient (Wildman–Crippen LogP) is 2.20. The van der Waals surface area contributed by atoms with E-state index in [9.17, 15) is 9.59 Å². The van der Waals surface area contributed by atoms with Gasteiger partial charge in [0.25, 0.3) is 11.8 Å². The van der Waals surface area contributed by atoms with Gasteiger partial charge >= 0.3 is 0 Å². The monoisotopic (exact) mass is 348 g/mol. The number of hydrogen-bond donors (Lipinski definition) is 3. The van der Waals surface area contributed by atoms with Crippen molar-refractivity contribution in [1.82, 2.24) is 10.6 Å². The molecular formula is C17H17ClN2O4. The lowest BCUT2D eigenvalue weighted by atomic mass is 10.2. The van der Waals surface area contributed by atoms with Crippen molar-refractivity contribution in [1.29, 1.82) is 0 Å². The van der Waals surface area contributed by atoms with E-state index in [-0.39, 0.29) is 29.4 Å². The Kier molecular flexibility index (Phi) is 6.60. The van der Waals surface area contributed by atoms with Gasteiger partial charge in [0.2, 0.25) is 0 Å². The number of nitrogens with one attached hydrogen (secondary N) is 2. The molecule has 0 fully saturated rings. The average molecular weight is 349 g/mol. The second kappa shape index (κ2) is 8.90. The molecule has 24 heavy (non-hydrogen) atoms. The van der Waals surface area contributed by atoms with Gasteiger partial charge in [-0.05, 0) is 30.7 Å². The molecule has 7 heteroatoms. The minimum atomic E-state index is -0.504. The highest BCUT2D eigenvalue weighted by molar-refractivity contribution is 6.34. The third-order valence-electron chi connectivity index (χ3n) is 3.06. The second-order valence-corrected chi connectivity index (χ2v) is 5.25. The van der Waals surface area contributed by atoms with Crippen molar-refractivity contribution in [3.05, 3.63) is 64.7 Å². The van der Waals surface area contributed by atoms with Crippen LogP contribution >= 0.6 is 11.6 Å². The number of aliphatic hydroxyl groups is 1. The molecule has 0 saturated carbocycles. The van der Waals surface area contributed by atoms with Gasteiger partial charge in [-0.2, -0.15) is 0 Å². The van der Waals surface area contributed by atoms with Crippen LogP contribution in [0, 0.1) is 0 Å². The minimum absolute atomic E-state index is 0.0211. The van der Waals surface area contributed by atoms with Gasteiger partial charge in [-0.1, -0.05) is 23.7 Å². The summed E-state index contributed by atoms with van der Waals surface area (Å²) in [5.41, 5.74) is 0.278. The van der Waals surface area contributed by atoms with Gasteiger partial charge in [0.05, 0.1) is 16.8 Å². The molecule has 6 nitrogen and oxygen atoms in total. The van der Waals surface area contributed by atoms with Gasteiger partial charge < -0.3 is 20.2 Å². The number of rotatable bonds is 7. The molecule has 1 heterocycles. The highest BCUT2D eigenvalue weighted by Crippen LogP contribution is 2.15. The van der Waals surface area contributed by atoms with Crippen LogP contribution in [0.3, 0.4) is 0 Å². The molecule has 1 aromatic carbocycles. The number of aliphatic hydroxyl groups excluding tert-OH is 1. The average Bonchev–Trinajstić information content (AvgIpc) is 3.07. The van der Waals surface area contributed by atoms with Crippen molar-refractivity contribution in [3.8, 4) is 0 Å². The summed E-state index contributed by atoms with van der Waals surface area (Å²) in [5, 5.41) is 14.2. The van der Waals surface area contributed by atoms with Gasteiger partial charge in [-0.15, -0.1) is 0 Å². The summed E-state index contributed by atoms with van der Waals surface area (Å²) < 4.78 is 5.18. The Hall–Kier alpha value is -2.57. The summed E-state index contributed by atoms with van der Waals surface area (Å²) >= 11 is 6.00. The number of carbonyl (C=O) groups is 2. The summed E-state index contributed by atoms with van der Waals surface area (Å²) in [7, 11) is 0. The van der Waals surface area contributed by atoms with Gasteiger partial charge in [0.1, 0.15) is 11.5 Å². The molecule has 2 rings (SSSR count). The van der Waals surface area contributed by atoms with Crippen molar-refractivity contribution < 1.29 is 19.1 Å². The molecule has 2 aromatic rings. The zero-order valence-electron chi connectivity index (χ0n) is 12.8. The summed E-state index contributed by atoms with van der Waals surface area (Å²) in [4.78, 5) is 24.6. The van der Waals surface area contributed by atoms with Gasteiger partial charge in [-0.3, -0.25) is 9.59 Å². The molecule has 0 atom stereocenters. The zero-order chi connectivity index (χ0) is 17.4. The van der Waals surface area contributed by atoms with Crippen LogP contribution in [0.4, 0.5) is 0 Å². The van der Waals surface area contributed by atoms with Crippen LogP contribution in [0.25, 0.3) is 6.08 Å². The molecule has 2 amide bonds. The summed E-state index contributed by atoms with van der Waals surface area (Å²) in [6.07, 6.45) is 3.30. The van der Waals surface area contributed by atoms with Crippen LogP contribution in [0.5, 0.6) is 0 Å². The third-order valence-corrected chi connectivity index (χ3v) is 3.39. The Morgan fingerprint density at radius 2 is 2.00 bits per heavy atom. The second-order valence-electron chi connectivity index (χ2n) is 4.84. The van der Waals surface area contributed by atoms with Gasteiger partial charge in [0, 0.05) is 19.2 Å².